The molecule has 0 aliphatic heterocycles. The number of carbonyl (C=O) groups is 1. The molecule has 2 rings (SSSR count). The van der Waals surface area contributed by atoms with Gasteiger partial charge in [-0.15, -0.1) is 0 Å². The molecule has 0 spiro atoms. The fourth-order valence-corrected chi connectivity index (χ4v) is 2.03. The van der Waals surface area contributed by atoms with Crippen LogP contribution in [0, 0.1) is 6.92 Å². The Balaban J connectivity index is 1.84. The Kier molecular flexibility index (Phi) is 5.55. The quantitative estimate of drug-likeness (QED) is 0.859. The molecular formula is C18H22N2O2. The molecule has 1 unspecified atom stereocenters. The van der Waals surface area contributed by atoms with E-state index in [1.807, 2.05) is 62.4 Å². The summed E-state index contributed by atoms with van der Waals surface area (Å²) in [7, 11) is 0. The first-order chi connectivity index (χ1) is 10.6. The number of ether oxygens (including phenoxy) is 1. The number of aryl methyl sites for hydroxylation is 1. The van der Waals surface area contributed by atoms with Gasteiger partial charge in [-0.2, -0.15) is 0 Å². The van der Waals surface area contributed by atoms with Crippen LogP contribution >= 0.6 is 0 Å². The van der Waals surface area contributed by atoms with Crippen LogP contribution in [0.15, 0.2) is 48.5 Å². The van der Waals surface area contributed by atoms with Crippen molar-refractivity contribution < 1.29 is 9.53 Å². The van der Waals surface area contributed by atoms with Gasteiger partial charge >= 0.3 is 0 Å². The summed E-state index contributed by atoms with van der Waals surface area (Å²) in [4.78, 5) is 11.8. The molecule has 1 atom stereocenters. The van der Waals surface area contributed by atoms with Gasteiger partial charge in [0.25, 0.3) is 5.91 Å². The van der Waals surface area contributed by atoms with E-state index in [1.54, 1.807) is 0 Å². The predicted molar refractivity (Wildman–Crippen MR) is 89.0 cm³/mol. The highest BCUT2D eigenvalue weighted by Gasteiger charge is 2.06. The maximum Gasteiger partial charge on any atom is 0.262 e. The summed E-state index contributed by atoms with van der Waals surface area (Å²) >= 11 is 0. The Hall–Kier alpha value is -2.33. The van der Waals surface area contributed by atoms with Crippen molar-refractivity contribution in [2.24, 2.45) is 5.73 Å². The van der Waals surface area contributed by atoms with Gasteiger partial charge in [-0.25, -0.2) is 0 Å². The van der Waals surface area contributed by atoms with Crippen LogP contribution in [0.2, 0.25) is 0 Å². The van der Waals surface area contributed by atoms with Crippen LogP contribution in [-0.4, -0.2) is 12.5 Å². The second kappa shape index (κ2) is 7.61. The molecule has 0 saturated heterocycles. The van der Waals surface area contributed by atoms with Crippen LogP contribution in [0.4, 0.5) is 5.69 Å². The molecule has 0 radical (unpaired) electrons. The molecule has 116 valence electrons. The second-order valence-electron chi connectivity index (χ2n) is 5.29. The Morgan fingerprint density at radius 3 is 2.36 bits per heavy atom. The van der Waals surface area contributed by atoms with Crippen molar-refractivity contribution in [2.45, 2.75) is 26.3 Å². The molecule has 0 aliphatic carbocycles. The number of carbonyl (C=O) groups excluding carboxylic acids is 1. The SMILES string of the molecule is CCC(N)c1ccc(OCC(=O)Nc2ccc(C)cc2)cc1. The van der Waals surface area contributed by atoms with Crippen molar-refractivity contribution in [3.63, 3.8) is 0 Å². The van der Waals surface area contributed by atoms with Gasteiger partial charge in [-0.05, 0) is 43.2 Å². The highest BCUT2D eigenvalue weighted by molar-refractivity contribution is 5.91. The lowest BCUT2D eigenvalue weighted by Gasteiger charge is -2.11. The number of anilines is 1. The minimum absolute atomic E-state index is 0.0208. The molecule has 0 aliphatic rings. The van der Waals surface area contributed by atoms with Crippen LogP contribution in [0.25, 0.3) is 0 Å². The molecular weight excluding hydrogens is 276 g/mol. The van der Waals surface area contributed by atoms with Crippen molar-refractivity contribution in [3.05, 3.63) is 59.7 Å². The fraction of sp³-hybridized carbons (Fsp3) is 0.278. The molecule has 2 aromatic carbocycles. The lowest BCUT2D eigenvalue weighted by molar-refractivity contribution is -0.118. The molecule has 0 fully saturated rings. The van der Waals surface area contributed by atoms with Crippen molar-refractivity contribution in [1.82, 2.24) is 0 Å². The van der Waals surface area contributed by atoms with Crippen molar-refractivity contribution >= 4 is 11.6 Å². The molecule has 3 N–H and O–H groups in total. The van der Waals surface area contributed by atoms with E-state index in [4.69, 9.17) is 10.5 Å². The van der Waals surface area contributed by atoms with Gasteiger partial charge in [0, 0.05) is 11.7 Å². The molecule has 0 heterocycles. The highest BCUT2D eigenvalue weighted by Crippen LogP contribution is 2.18. The number of nitrogens with two attached hydrogens (primary N) is 1. The summed E-state index contributed by atoms with van der Waals surface area (Å²) in [5.74, 6) is 0.476. The molecule has 0 bridgehead atoms. The molecule has 1 amide bonds. The van der Waals surface area contributed by atoms with E-state index in [2.05, 4.69) is 5.32 Å². The van der Waals surface area contributed by atoms with Crippen molar-refractivity contribution in [2.75, 3.05) is 11.9 Å². The van der Waals surface area contributed by atoms with Crippen molar-refractivity contribution in [1.29, 1.82) is 0 Å². The Bertz CT molecular complexity index is 606. The standard InChI is InChI=1S/C18H22N2O2/c1-3-17(19)14-6-10-16(11-7-14)22-12-18(21)20-15-8-4-13(2)5-9-15/h4-11,17H,3,12,19H2,1-2H3,(H,20,21). The molecule has 2 aromatic rings. The van der Waals surface area contributed by atoms with Gasteiger partial charge in [0.15, 0.2) is 6.61 Å². The first kappa shape index (κ1) is 16.0. The number of hydrogen-bond donors (Lipinski definition) is 2. The van der Waals surface area contributed by atoms with Crippen LogP contribution in [0.3, 0.4) is 0 Å². The number of hydrogen-bond acceptors (Lipinski definition) is 3. The molecule has 0 saturated carbocycles. The van der Waals surface area contributed by atoms with Gasteiger partial charge in [-0.3, -0.25) is 4.79 Å². The summed E-state index contributed by atoms with van der Waals surface area (Å²) in [6, 6.07) is 15.2. The smallest absolute Gasteiger partial charge is 0.262 e. The number of nitrogens with one attached hydrogen (secondary N) is 1. The topological polar surface area (TPSA) is 64.3 Å². The van der Waals surface area contributed by atoms with Gasteiger partial charge < -0.3 is 15.8 Å². The number of rotatable bonds is 6. The maximum absolute atomic E-state index is 11.8. The summed E-state index contributed by atoms with van der Waals surface area (Å²) < 4.78 is 5.48. The lowest BCUT2D eigenvalue weighted by Crippen LogP contribution is -2.20. The zero-order chi connectivity index (χ0) is 15.9. The van der Waals surface area contributed by atoms with Crippen LogP contribution in [0.5, 0.6) is 5.75 Å². The molecule has 4 heteroatoms. The van der Waals surface area contributed by atoms with Gasteiger partial charge in [0.05, 0.1) is 0 Å². The average Bonchev–Trinajstić information content (AvgIpc) is 2.55. The first-order valence-electron chi connectivity index (χ1n) is 7.43. The number of benzene rings is 2. The fourth-order valence-electron chi connectivity index (χ4n) is 2.03. The van der Waals surface area contributed by atoms with Gasteiger partial charge in [0.1, 0.15) is 5.75 Å². The molecule has 0 aromatic heterocycles. The Labute approximate surface area is 131 Å². The summed E-state index contributed by atoms with van der Waals surface area (Å²) in [5.41, 5.74) is 8.95. The van der Waals surface area contributed by atoms with Gasteiger partial charge in [0.2, 0.25) is 0 Å². The summed E-state index contributed by atoms with van der Waals surface area (Å²) in [6.45, 7) is 4.03. The summed E-state index contributed by atoms with van der Waals surface area (Å²) in [6.07, 6.45) is 0.888. The van der Waals surface area contributed by atoms with Gasteiger partial charge in [-0.1, -0.05) is 36.8 Å². The third-order valence-electron chi connectivity index (χ3n) is 3.45. The molecule has 22 heavy (non-hydrogen) atoms. The van der Waals surface area contributed by atoms with E-state index < -0.39 is 0 Å². The van der Waals surface area contributed by atoms with Crippen LogP contribution < -0.4 is 15.8 Å². The normalized spacial score (nSPS) is 11.8. The molecule has 4 nitrogen and oxygen atoms in total. The van der Waals surface area contributed by atoms with Crippen LogP contribution in [-0.2, 0) is 4.79 Å². The third kappa shape index (κ3) is 4.60. The first-order valence-corrected chi connectivity index (χ1v) is 7.43. The Morgan fingerprint density at radius 1 is 1.14 bits per heavy atom. The average molecular weight is 298 g/mol. The Morgan fingerprint density at radius 2 is 1.77 bits per heavy atom. The zero-order valence-electron chi connectivity index (χ0n) is 13.0. The van der Waals surface area contributed by atoms with E-state index >= 15 is 0 Å². The van der Waals surface area contributed by atoms with E-state index in [1.165, 1.54) is 0 Å². The van der Waals surface area contributed by atoms with Crippen molar-refractivity contribution in [3.8, 4) is 5.75 Å². The minimum Gasteiger partial charge on any atom is -0.484 e. The van der Waals surface area contributed by atoms with Crippen LogP contribution in [0.1, 0.15) is 30.5 Å². The van der Waals surface area contributed by atoms with E-state index in [9.17, 15) is 4.79 Å². The summed E-state index contributed by atoms with van der Waals surface area (Å²) in [5, 5.41) is 2.79. The van der Waals surface area contributed by atoms with E-state index in [-0.39, 0.29) is 18.6 Å². The predicted octanol–water partition coefficient (Wildman–Crippen LogP) is 3.42. The zero-order valence-corrected chi connectivity index (χ0v) is 13.0. The third-order valence-corrected chi connectivity index (χ3v) is 3.45. The second-order valence-corrected chi connectivity index (χ2v) is 5.29. The van der Waals surface area contributed by atoms with E-state index in [0.717, 1.165) is 23.2 Å². The lowest BCUT2D eigenvalue weighted by atomic mass is 10.1. The monoisotopic (exact) mass is 298 g/mol. The number of amides is 1. The highest BCUT2D eigenvalue weighted by atomic mass is 16.5. The minimum atomic E-state index is -0.182. The largest absolute Gasteiger partial charge is 0.484 e. The van der Waals surface area contributed by atoms with E-state index in [0.29, 0.717) is 5.75 Å². The maximum atomic E-state index is 11.8.